The average Bonchev–Trinajstić information content (AvgIpc) is 2.44. The van der Waals surface area contributed by atoms with Crippen molar-refractivity contribution < 1.29 is 23.2 Å². The van der Waals surface area contributed by atoms with Gasteiger partial charge in [0, 0.05) is 10.8 Å². The number of rotatable bonds is 6. The number of fused-ring (bicyclic) bond motifs is 1. The summed E-state index contributed by atoms with van der Waals surface area (Å²) in [6.45, 7) is 5.63. The van der Waals surface area contributed by atoms with Crippen LogP contribution < -0.4 is 4.52 Å². The van der Waals surface area contributed by atoms with Gasteiger partial charge in [-0.05, 0) is 32.4 Å². The number of aromatic hydroxyl groups is 1. The molecule has 2 aromatic carbocycles. The SMILES string of the molecule is CCOP(=O)(OCC)Oc1c(C)cc(O)c2ccccc12. The first kappa shape index (κ1) is 15.8. The molecule has 5 nitrogen and oxygen atoms in total. The molecule has 21 heavy (non-hydrogen) atoms. The zero-order valence-corrected chi connectivity index (χ0v) is 13.2. The number of hydrogen-bond donors (Lipinski definition) is 1. The molecule has 0 saturated heterocycles. The molecule has 0 atom stereocenters. The van der Waals surface area contributed by atoms with Gasteiger partial charge >= 0.3 is 7.82 Å². The Bertz CT molecular complexity index is 673. The molecule has 0 unspecified atom stereocenters. The fourth-order valence-electron chi connectivity index (χ4n) is 2.10. The predicted molar refractivity (Wildman–Crippen MR) is 81.8 cm³/mol. The van der Waals surface area contributed by atoms with Gasteiger partial charge in [0.2, 0.25) is 0 Å². The van der Waals surface area contributed by atoms with Crippen LogP contribution in [-0.4, -0.2) is 18.3 Å². The van der Waals surface area contributed by atoms with Gasteiger partial charge in [0.25, 0.3) is 0 Å². The Morgan fingerprint density at radius 2 is 1.67 bits per heavy atom. The lowest BCUT2D eigenvalue weighted by molar-refractivity contribution is 0.168. The fourth-order valence-corrected chi connectivity index (χ4v) is 3.38. The van der Waals surface area contributed by atoms with E-state index in [4.69, 9.17) is 13.6 Å². The van der Waals surface area contributed by atoms with Gasteiger partial charge in [0.1, 0.15) is 11.5 Å². The molecule has 0 heterocycles. The molecule has 0 aliphatic heterocycles. The summed E-state index contributed by atoms with van der Waals surface area (Å²) in [5, 5.41) is 11.3. The zero-order chi connectivity index (χ0) is 15.5. The first-order valence-electron chi connectivity index (χ1n) is 6.80. The average molecular weight is 310 g/mol. The molecule has 0 aliphatic carbocycles. The predicted octanol–water partition coefficient (Wildman–Crippen LogP) is 4.41. The number of aryl methyl sites for hydroxylation is 1. The molecule has 0 aliphatic rings. The smallest absolute Gasteiger partial charge is 0.507 e. The van der Waals surface area contributed by atoms with Crippen LogP contribution >= 0.6 is 7.82 Å². The van der Waals surface area contributed by atoms with Crippen LogP contribution in [0.5, 0.6) is 11.5 Å². The molecule has 0 radical (unpaired) electrons. The van der Waals surface area contributed by atoms with Crippen molar-refractivity contribution >= 4 is 18.6 Å². The topological polar surface area (TPSA) is 65.0 Å². The van der Waals surface area contributed by atoms with Gasteiger partial charge in [-0.1, -0.05) is 24.3 Å². The van der Waals surface area contributed by atoms with Crippen LogP contribution in [0.15, 0.2) is 30.3 Å². The van der Waals surface area contributed by atoms with E-state index >= 15 is 0 Å². The minimum atomic E-state index is -3.67. The van der Waals surface area contributed by atoms with Crippen molar-refractivity contribution in [2.24, 2.45) is 0 Å². The molecule has 6 heteroatoms. The highest BCUT2D eigenvalue weighted by Gasteiger charge is 2.29. The summed E-state index contributed by atoms with van der Waals surface area (Å²) in [5.74, 6) is 0.548. The third kappa shape index (κ3) is 3.38. The van der Waals surface area contributed by atoms with E-state index in [-0.39, 0.29) is 19.0 Å². The second-order valence-corrected chi connectivity index (χ2v) is 6.05. The molecule has 0 spiro atoms. The van der Waals surface area contributed by atoms with Gasteiger partial charge in [-0.2, -0.15) is 0 Å². The molecule has 0 aromatic heterocycles. The summed E-state index contributed by atoms with van der Waals surface area (Å²) in [5.41, 5.74) is 0.658. The normalized spacial score (nSPS) is 11.8. The zero-order valence-electron chi connectivity index (χ0n) is 12.3. The Kier molecular flexibility index (Phi) is 4.88. The summed E-state index contributed by atoms with van der Waals surface area (Å²) in [4.78, 5) is 0. The van der Waals surface area contributed by atoms with Crippen molar-refractivity contribution in [1.82, 2.24) is 0 Å². The molecule has 114 valence electrons. The third-order valence-corrected chi connectivity index (χ3v) is 4.49. The molecule has 0 amide bonds. The van der Waals surface area contributed by atoms with Crippen molar-refractivity contribution in [2.75, 3.05) is 13.2 Å². The van der Waals surface area contributed by atoms with E-state index in [0.29, 0.717) is 22.1 Å². The molecule has 0 fully saturated rings. The van der Waals surface area contributed by atoms with E-state index < -0.39 is 7.82 Å². The van der Waals surface area contributed by atoms with E-state index in [1.807, 2.05) is 12.1 Å². The van der Waals surface area contributed by atoms with E-state index in [0.717, 1.165) is 0 Å². The second kappa shape index (κ2) is 6.48. The minimum absolute atomic E-state index is 0.151. The van der Waals surface area contributed by atoms with Gasteiger partial charge in [0.15, 0.2) is 0 Å². The van der Waals surface area contributed by atoms with Crippen LogP contribution in [0.1, 0.15) is 19.4 Å². The quantitative estimate of drug-likeness (QED) is 0.800. The summed E-state index contributed by atoms with van der Waals surface area (Å²) >= 11 is 0. The molecule has 2 aromatic rings. The third-order valence-electron chi connectivity index (χ3n) is 2.94. The van der Waals surface area contributed by atoms with E-state index in [9.17, 15) is 9.67 Å². The van der Waals surface area contributed by atoms with Gasteiger partial charge in [-0.15, -0.1) is 0 Å². The van der Waals surface area contributed by atoms with Crippen molar-refractivity contribution in [1.29, 1.82) is 0 Å². The van der Waals surface area contributed by atoms with Gasteiger partial charge in [-0.3, -0.25) is 9.05 Å². The maximum atomic E-state index is 12.5. The number of phenols is 1. The van der Waals surface area contributed by atoms with Crippen LogP contribution in [0, 0.1) is 6.92 Å². The van der Waals surface area contributed by atoms with Crippen LogP contribution in [0.25, 0.3) is 10.8 Å². The van der Waals surface area contributed by atoms with E-state index in [1.165, 1.54) is 0 Å². The second-order valence-electron chi connectivity index (χ2n) is 4.46. The summed E-state index contributed by atoms with van der Waals surface area (Å²) in [6, 6.07) is 8.76. The van der Waals surface area contributed by atoms with Gasteiger partial charge in [-0.25, -0.2) is 4.57 Å². The largest absolute Gasteiger partial charge is 0.530 e. The number of phenolic OH excluding ortho intramolecular Hbond substituents is 1. The lowest BCUT2D eigenvalue weighted by Crippen LogP contribution is -2.03. The Balaban J connectivity index is 2.53. The standard InChI is InChI=1S/C15H19O5P/c1-4-18-21(17,19-5-2)20-15-11(3)10-14(16)12-8-6-7-9-13(12)15/h6-10,16H,4-5H2,1-3H3. The molecular formula is C15H19O5P. The highest BCUT2D eigenvalue weighted by molar-refractivity contribution is 7.48. The summed E-state index contributed by atoms with van der Waals surface area (Å²) in [6.07, 6.45) is 0. The monoisotopic (exact) mass is 310 g/mol. The highest BCUT2D eigenvalue weighted by atomic mass is 31.2. The fraction of sp³-hybridized carbons (Fsp3) is 0.333. The van der Waals surface area contributed by atoms with Crippen molar-refractivity contribution in [3.8, 4) is 11.5 Å². The van der Waals surface area contributed by atoms with E-state index in [2.05, 4.69) is 0 Å². The molecule has 2 rings (SSSR count). The first-order valence-corrected chi connectivity index (χ1v) is 8.26. The summed E-state index contributed by atoms with van der Waals surface area (Å²) < 4.78 is 28.4. The van der Waals surface area contributed by atoms with Crippen molar-refractivity contribution in [2.45, 2.75) is 20.8 Å². The Hall–Kier alpha value is -1.55. The maximum Gasteiger partial charge on any atom is 0.530 e. The van der Waals surface area contributed by atoms with Crippen molar-refractivity contribution in [3.05, 3.63) is 35.9 Å². The number of hydrogen-bond acceptors (Lipinski definition) is 5. The molecular weight excluding hydrogens is 291 g/mol. The van der Waals surface area contributed by atoms with E-state index in [1.54, 1.807) is 39.0 Å². The van der Waals surface area contributed by atoms with Gasteiger partial charge in [0.05, 0.1) is 13.2 Å². The lowest BCUT2D eigenvalue weighted by atomic mass is 10.1. The summed E-state index contributed by atoms with van der Waals surface area (Å²) in [7, 11) is -3.67. The number of phosphoric ester groups is 1. The highest BCUT2D eigenvalue weighted by Crippen LogP contribution is 2.52. The Morgan fingerprint density at radius 3 is 2.24 bits per heavy atom. The van der Waals surface area contributed by atoms with Crippen LogP contribution in [0.4, 0.5) is 0 Å². The molecule has 0 bridgehead atoms. The van der Waals surface area contributed by atoms with Crippen LogP contribution in [-0.2, 0) is 13.6 Å². The first-order chi connectivity index (χ1) is 10.0. The lowest BCUT2D eigenvalue weighted by Gasteiger charge is -2.20. The number of phosphoric acid groups is 1. The van der Waals surface area contributed by atoms with Gasteiger partial charge < -0.3 is 9.63 Å². The minimum Gasteiger partial charge on any atom is -0.507 e. The number of benzene rings is 2. The van der Waals surface area contributed by atoms with Crippen LogP contribution in [0.2, 0.25) is 0 Å². The van der Waals surface area contributed by atoms with Crippen molar-refractivity contribution in [3.63, 3.8) is 0 Å². The Morgan fingerprint density at radius 1 is 1.10 bits per heavy atom. The molecule has 0 saturated carbocycles. The van der Waals surface area contributed by atoms with Crippen LogP contribution in [0.3, 0.4) is 0 Å². The molecule has 1 N–H and O–H groups in total. The maximum absolute atomic E-state index is 12.5. The Labute approximate surface area is 124 Å².